The van der Waals surface area contributed by atoms with Gasteiger partial charge in [-0.1, -0.05) is 0 Å². The van der Waals surface area contributed by atoms with Crippen molar-refractivity contribution in [3.05, 3.63) is 22.7 Å². The molecule has 2 N–H and O–H groups in total. The molecule has 1 aromatic heterocycles. The monoisotopic (exact) mass is 225 g/mol. The third-order valence-electron chi connectivity index (χ3n) is 2.77. The van der Waals surface area contributed by atoms with E-state index in [-0.39, 0.29) is 11.2 Å². The van der Waals surface area contributed by atoms with Crippen LogP contribution >= 0.6 is 0 Å². The Bertz CT molecular complexity index is 398. The van der Waals surface area contributed by atoms with Crippen molar-refractivity contribution in [3.8, 4) is 0 Å². The Kier molecular flexibility index (Phi) is 3.21. The van der Waals surface area contributed by atoms with Crippen molar-refractivity contribution < 1.29 is 9.47 Å². The Morgan fingerprint density at radius 3 is 3.25 bits per heavy atom. The molecule has 88 valence electrons. The average molecular weight is 225 g/mol. The lowest BCUT2D eigenvalue weighted by molar-refractivity contribution is -0.00625. The van der Waals surface area contributed by atoms with Crippen molar-refractivity contribution in [2.75, 3.05) is 32.2 Å². The van der Waals surface area contributed by atoms with E-state index in [9.17, 15) is 4.79 Å². The van der Waals surface area contributed by atoms with Crippen molar-refractivity contribution in [2.24, 2.45) is 0 Å². The van der Waals surface area contributed by atoms with E-state index >= 15 is 0 Å². The van der Waals surface area contributed by atoms with Crippen LogP contribution in [0.3, 0.4) is 0 Å². The highest BCUT2D eigenvalue weighted by atomic mass is 16.5. The minimum atomic E-state index is -0.301. The Balaban J connectivity index is 1.98. The number of methoxy groups -OCH3 is 1. The van der Waals surface area contributed by atoms with Crippen molar-refractivity contribution in [1.82, 2.24) is 9.97 Å². The predicted molar refractivity (Wildman–Crippen MR) is 58.5 cm³/mol. The largest absolute Gasteiger partial charge is 0.378 e. The third-order valence-corrected chi connectivity index (χ3v) is 2.77. The zero-order valence-corrected chi connectivity index (χ0v) is 9.16. The second-order valence-electron chi connectivity index (χ2n) is 3.84. The molecule has 16 heavy (non-hydrogen) atoms. The molecule has 1 aliphatic rings. The number of aromatic amines is 1. The summed E-state index contributed by atoms with van der Waals surface area (Å²) >= 11 is 0. The van der Waals surface area contributed by atoms with Gasteiger partial charge in [-0.2, -0.15) is 0 Å². The lowest BCUT2D eigenvalue weighted by Crippen LogP contribution is -2.39. The molecule has 0 saturated carbocycles. The van der Waals surface area contributed by atoms with Crippen molar-refractivity contribution >= 4 is 5.82 Å². The first kappa shape index (κ1) is 11.1. The summed E-state index contributed by atoms with van der Waals surface area (Å²) in [6.07, 6.45) is 2.22. The van der Waals surface area contributed by atoms with Crippen LogP contribution in [0.1, 0.15) is 6.42 Å². The van der Waals surface area contributed by atoms with Crippen LogP contribution < -0.4 is 10.9 Å². The molecule has 0 aliphatic carbocycles. The normalized spacial score (nSPS) is 24.6. The van der Waals surface area contributed by atoms with Crippen molar-refractivity contribution in [2.45, 2.75) is 12.0 Å². The van der Waals surface area contributed by atoms with Crippen LogP contribution in [-0.2, 0) is 9.47 Å². The van der Waals surface area contributed by atoms with Gasteiger partial charge in [-0.25, -0.2) is 4.98 Å². The van der Waals surface area contributed by atoms with Gasteiger partial charge < -0.3 is 19.8 Å². The predicted octanol–water partition coefficient (Wildman–Crippen LogP) is -0.0127. The zero-order valence-electron chi connectivity index (χ0n) is 9.16. The molecule has 1 aliphatic heterocycles. The summed E-state index contributed by atoms with van der Waals surface area (Å²) in [5, 5.41) is 3.08. The van der Waals surface area contributed by atoms with Gasteiger partial charge >= 0.3 is 0 Å². The molecule has 2 rings (SSSR count). The number of aromatic nitrogens is 2. The minimum absolute atomic E-state index is 0.174. The van der Waals surface area contributed by atoms with Gasteiger partial charge in [0.2, 0.25) is 0 Å². The molecule has 1 aromatic rings. The molecule has 1 unspecified atom stereocenters. The first-order valence-electron chi connectivity index (χ1n) is 5.16. The molecule has 0 aromatic carbocycles. The van der Waals surface area contributed by atoms with Gasteiger partial charge in [0.25, 0.3) is 5.56 Å². The minimum Gasteiger partial charge on any atom is -0.378 e. The number of hydrogen-bond acceptors (Lipinski definition) is 5. The van der Waals surface area contributed by atoms with Crippen LogP contribution in [0, 0.1) is 0 Å². The molecule has 6 nitrogen and oxygen atoms in total. The highest BCUT2D eigenvalue weighted by Gasteiger charge is 2.34. The summed E-state index contributed by atoms with van der Waals surface area (Å²) in [4.78, 5) is 17.5. The highest BCUT2D eigenvalue weighted by molar-refractivity contribution is 5.32. The summed E-state index contributed by atoms with van der Waals surface area (Å²) in [5.74, 6) is 0.548. The fourth-order valence-corrected chi connectivity index (χ4v) is 1.68. The lowest BCUT2D eigenvalue weighted by atomic mass is 10.0. The summed E-state index contributed by atoms with van der Waals surface area (Å²) in [6.45, 7) is 1.86. The van der Waals surface area contributed by atoms with E-state index in [2.05, 4.69) is 15.3 Å². The number of ether oxygens (including phenoxy) is 2. The second-order valence-corrected chi connectivity index (χ2v) is 3.84. The van der Waals surface area contributed by atoms with Crippen LogP contribution in [0.2, 0.25) is 0 Å². The summed E-state index contributed by atoms with van der Waals surface area (Å²) in [5.41, 5.74) is -0.476. The molecule has 2 heterocycles. The van der Waals surface area contributed by atoms with E-state index in [1.165, 1.54) is 12.4 Å². The number of anilines is 1. The Labute approximate surface area is 93.0 Å². The Hall–Kier alpha value is -1.40. The average Bonchev–Trinajstić information content (AvgIpc) is 2.76. The van der Waals surface area contributed by atoms with E-state index in [0.717, 1.165) is 6.42 Å². The molecule has 0 bridgehead atoms. The van der Waals surface area contributed by atoms with E-state index in [0.29, 0.717) is 25.6 Å². The van der Waals surface area contributed by atoms with E-state index in [4.69, 9.17) is 9.47 Å². The molecule has 6 heteroatoms. The van der Waals surface area contributed by atoms with Gasteiger partial charge in [0.15, 0.2) is 0 Å². The molecule has 1 saturated heterocycles. The fourth-order valence-electron chi connectivity index (χ4n) is 1.68. The molecule has 0 spiro atoms. The SMILES string of the molecule is COC1(CNc2cc(=O)[nH]cn2)CCOC1. The first-order chi connectivity index (χ1) is 7.74. The Morgan fingerprint density at radius 2 is 2.62 bits per heavy atom. The van der Waals surface area contributed by atoms with Gasteiger partial charge in [-0.05, 0) is 0 Å². The number of H-pyrrole nitrogens is 1. The van der Waals surface area contributed by atoms with Crippen molar-refractivity contribution in [3.63, 3.8) is 0 Å². The van der Waals surface area contributed by atoms with Gasteiger partial charge in [0.1, 0.15) is 11.4 Å². The van der Waals surface area contributed by atoms with Crippen LogP contribution in [0.4, 0.5) is 5.82 Å². The Morgan fingerprint density at radius 1 is 1.75 bits per heavy atom. The summed E-state index contributed by atoms with van der Waals surface area (Å²) < 4.78 is 10.8. The molecule has 1 atom stereocenters. The number of hydrogen-bond donors (Lipinski definition) is 2. The van der Waals surface area contributed by atoms with Gasteiger partial charge in [-0.3, -0.25) is 4.79 Å². The standard InChI is InChI=1S/C10H15N3O3/c1-15-10(2-3-16-6-10)5-11-8-4-9(14)13-7-12-8/h4,7H,2-3,5-6H2,1H3,(H2,11,12,13,14). The number of nitrogens with one attached hydrogen (secondary N) is 2. The summed E-state index contributed by atoms with van der Waals surface area (Å²) in [6, 6.07) is 1.42. The van der Waals surface area contributed by atoms with Crippen LogP contribution in [0.5, 0.6) is 0 Å². The molecule has 1 fully saturated rings. The van der Waals surface area contributed by atoms with Crippen molar-refractivity contribution in [1.29, 1.82) is 0 Å². The van der Waals surface area contributed by atoms with E-state index < -0.39 is 0 Å². The topological polar surface area (TPSA) is 76.2 Å². The zero-order chi connectivity index (χ0) is 11.4. The maximum Gasteiger partial charge on any atom is 0.252 e. The van der Waals surface area contributed by atoms with E-state index in [1.807, 2.05) is 0 Å². The quantitative estimate of drug-likeness (QED) is 0.753. The molecular formula is C10H15N3O3. The van der Waals surface area contributed by atoms with Crippen LogP contribution in [-0.4, -0.2) is 42.4 Å². The highest BCUT2D eigenvalue weighted by Crippen LogP contribution is 2.22. The maximum atomic E-state index is 11.0. The third kappa shape index (κ3) is 2.40. The molecule has 0 radical (unpaired) electrons. The lowest BCUT2D eigenvalue weighted by Gasteiger charge is -2.25. The van der Waals surface area contributed by atoms with Crippen LogP contribution in [0.15, 0.2) is 17.2 Å². The molecular weight excluding hydrogens is 210 g/mol. The summed E-state index contributed by atoms with van der Waals surface area (Å²) in [7, 11) is 1.67. The number of nitrogens with zero attached hydrogens (tertiary/aromatic N) is 1. The smallest absolute Gasteiger partial charge is 0.252 e. The fraction of sp³-hybridized carbons (Fsp3) is 0.600. The van der Waals surface area contributed by atoms with Crippen LogP contribution in [0.25, 0.3) is 0 Å². The second kappa shape index (κ2) is 4.63. The van der Waals surface area contributed by atoms with Gasteiger partial charge in [0, 0.05) is 32.7 Å². The molecule has 0 amide bonds. The first-order valence-corrected chi connectivity index (χ1v) is 5.16. The van der Waals surface area contributed by atoms with Gasteiger partial charge in [0.05, 0.1) is 12.9 Å². The number of rotatable bonds is 4. The maximum absolute atomic E-state index is 11.0. The van der Waals surface area contributed by atoms with E-state index in [1.54, 1.807) is 7.11 Å². The van der Waals surface area contributed by atoms with Gasteiger partial charge in [-0.15, -0.1) is 0 Å².